The molecule has 2 aromatic carbocycles. The summed E-state index contributed by atoms with van der Waals surface area (Å²) in [6.07, 6.45) is 1.31. The molecule has 1 aliphatic heterocycles. The third-order valence-corrected chi connectivity index (χ3v) is 5.09. The SMILES string of the molecule is CC(C)(C)OC(=O)N1CCC(c2ccc(C(=O)O)c(OCc3ccccc3)c2)CC1. The molecule has 1 saturated heterocycles. The van der Waals surface area contributed by atoms with Crippen LogP contribution in [-0.2, 0) is 11.3 Å². The average Bonchev–Trinajstić information content (AvgIpc) is 2.71. The zero-order valence-electron chi connectivity index (χ0n) is 17.8. The van der Waals surface area contributed by atoms with Gasteiger partial charge in [0, 0.05) is 13.1 Å². The number of ether oxygens (including phenoxy) is 2. The van der Waals surface area contributed by atoms with Crippen LogP contribution in [0.15, 0.2) is 48.5 Å². The number of likely N-dealkylation sites (tertiary alicyclic amines) is 1. The first-order valence-corrected chi connectivity index (χ1v) is 10.2. The lowest BCUT2D eigenvalue weighted by molar-refractivity contribution is 0.0204. The lowest BCUT2D eigenvalue weighted by Crippen LogP contribution is -2.41. The van der Waals surface area contributed by atoms with Crippen LogP contribution in [0.1, 0.15) is 61.0 Å². The Bertz CT molecular complexity index is 880. The Hall–Kier alpha value is -3.02. The molecule has 0 aliphatic carbocycles. The molecule has 160 valence electrons. The highest BCUT2D eigenvalue weighted by Gasteiger charge is 2.28. The summed E-state index contributed by atoms with van der Waals surface area (Å²) in [6.45, 7) is 7.11. The molecule has 0 spiro atoms. The van der Waals surface area contributed by atoms with Gasteiger partial charge in [-0.1, -0.05) is 36.4 Å². The van der Waals surface area contributed by atoms with E-state index in [4.69, 9.17) is 9.47 Å². The van der Waals surface area contributed by atoms with Gasteiger partial charge in [0.2, 0.25) is 0 Å². The van der Waals surface area contributed by atoms with Gasteiger partial charge < -0.3 is 19.5 Å². The third kappa shape index (κ3) is 5.75. The fraction of sp³-hybridized carbons (Fsp3) is 0.417. The first kappa shape index (κ1) is 21.7. The van der Waals surface area contributed by atoms with Gasteiger partial charge in [0.1, 0.15) is 23.5 Å². The number of nitrogens with zero attached hydrogens (tertiary/aromatic N) is 1. The van der Waals surface area contributed by atoms with Crippen LogP contribution < -0.4 is 4.74 Å². The fourth-order valence-electron chi connectivity index (χ4n) is 3.55. The summed E-state index contributed by atoms with van der Waals surface area (Å²) in [6, 6.07) is 15.0. The topological polar surface area (TPSA) is 76.1 Å². The maximum Gasteiger partial charge on any atom is 0.410 e. The Morgan fingerprint density at radius 1 is 1.07 bits per heavy atom. The van der Waals surface area contributed by atoms with E-state index in [-0.39, 0.29) is 17.6 Å². The summed E-state index contributed by atoms with van der Waals surface area (Å²) < 4.78 is 11.3. The minimum atomic E-state index is -1.01. The van der Waals surface area contributed by atoms with Crippen molar-refractivity contribution in [2.45, 2.75) is 51.7 Å². The minimum Gasteiger partial charge on any atom is -0.488 e. The molecule has 1 aliphatic rings. The molecule has 0 radical (unpaired) electrons. The predicted molar refractivity (Wildman–Crippen MR) is 114 cm³/mol. The molecule has 1 amide bonds. The van der Waals surface area contributed by atoms with Crippen molar-refractivity contribution in [3.8, 4) is 5.75 Å². The van der Waals surface area contributed by atoms with Gasteiger partial charge in [-0.25, -0.2) is 9.59 Å². The van der Waals surface area contributed by atoms with E-state index < -0.39 is 11.6 Å². The maximum atomic E-state index is 12.3. The van der Waals surface area contributed by atoms with Crippen LogP contribution in [0.25, 0.3) is 0 Å². The van der Waals surface area contributed by atoms with Gasteiger partial charge in [0.15, 0.2) is 0 Å². The molecule has 1 N–H and O–H groups in total. The lowest BCUT2D eigenvalue weighted by atomic mass is 9.89. The minimum absolute atomic E-state index is 0.154. The Kier molecular flexibility index (Phi) is 6.65. The van der Waals surface area contributed by atoms with Crippen molar-refractivity contribution in [1.29, 1.82) is 0 Å². The summed E-state index contributed by atoms with van der Waals surface area (Å²) >= 11 is 0. The van der Waals surface area contributed by atoms with Crippen LogP contribution >= 0.6 is 0 Å². The van der Waals surface area contributed by atoms with E-state index in [0.717, 1.165) is 24.0 Å². The second-order valence-corrected chi connectivity index (χ2v) is 8.58. The van der Waals surface area contributed by atoms with Gasteiger partial charge in [-0.15, -0.1) is 0 Å². The summed E-state index contributed by atoms with van der Waals surface area (Å²) in [7, 11) is 0. The Morgan fingerprint density at radius 2 is 1.73 bits per heavy atom. The van der Waals surface area contributed by atoms with E-state index in [9.17, 15) is 14.7 Å². The molecule has 6 nitrogen and oxygen atoms in total. The van der Waals surface area contributed by atoms with Gasteiger partial charge in [0.05, 0.1) is 0 Å². The second kappa shape index (κ2) is 9.20. The summed E-state index contributed by atoms with van der Waals surface area (Å²) in [5.41, 5.74) is 1.66. The molecule has 30 heavy (non-hydrogen) atoms. The van der Waals surface area contributed by atoms with Crippen LogP contribution in [0.4, 0.5) is 4.79 Å². The van der Waals surface area contributed by atoms with E-state index in [1.54, 1.807) is 11.0 Å². The number of benzene rings is 2. The van der Waals surface area contributed by atoms with Crippen molar-refractivity contribution in [1.82, 2.24) is 4.90 Å². The number of rotatable bonds is 5. The van der Waals surface area contributed by atoms with Crippen LogP contribution in [0.3, 0.4) is 0 Å². The van der Waals surface area contributed by atoms with E-state index in [0.29, 0.717) is 25.4 Å². The number of piperidine rings is 1. The van der Waals surface area contributed by atoms with E-state index in [1.165, 1.54) is 0 Å². The number of carbonyl (C=O) groups is 2. The number of hydrogen-bond acceptors (Lipinski definition) is 4. The van der Waals surface area contributed by atoms with Crippen molar-refractivity contribution < 1.29 is 24.2 Å². The smallest absolute Gasteiger partial charge is 0.410 e. The van der Waals surface area contributed by atoms with Gasteiger partial charge in [0.25, 0.3) is 0 Å². The number of carboxylic acids is 1. The molecule has 1 fully saturated rings. The standard InChI is InChI=1S/C24H29NO5/c1-24(2,3)30-23(28)25-13-11-18(12-14-25)19-9-10-20(22(26)27)21(15-19)29-16-17-7-5-4-6-8-17/h4-10,15,18H,11-14,16H2,1-3H3,(H,26,27). The zero-order chi connectivity index (χ0) is 21.7. The Morgan fingerprint density at radius 3 is 2.33 bits per heavy atom. The Labute approximate surface area is 177 Å². The van der Waals surface area contributed by atoms with Crippen LogP contribution in [0, 0.1) is 0 Å². The number of carboxylic acid groups (broad SMARTS) is 1. The monoisotopic (exact) mass is 411 g/mol. The van der Waals surface area contributed by atoms with Crippen LogP contribution in [-0.4, -0.2) is 40.8 Å². The Balaban J connectivity index is 1.68. The van der Waals surface area contributed by atoms with Gasteiger partial charge in [-0.05, 0) is 62.8 Å². The van der Waals surface area contributed by atoms with Crippen molar-refractivity contribution in [2.75, 3.05) is 13.1 Å². The fourth-order valence-corrected chi connectivity index (χ4v) is 3.55. The maximum absolute atomic E-state index is 12.3. The second-order valence-electron chi connectivity index (χ2n) is 8.58. The van der Waals surface area contributed by atoms with Gasteiger partial charge >= 0.3 is 12.1 Å². The molecular formula is C24H29NO5. The van der Waals surface area contributed by atoms with E-state index in [2.05, 4.69) is 0 Å². The van der Waals surface area contributed by atoms with E-state index >= 15 is 0 Å². The molecule has 0 bridgehead atoms. The first-order valence-electron chi connectivity index (χ1n) is 10.2. The van der Waals surface area contributed by atoms with E-state index in [1.807, 2.05) is 63.2 Å². The largest absolute Gasteiger partial charge is 0.488 e. The number of hydrogen-bond donors (Lipinski definition) is 1. The molecule has 0 aromatic heterocycles. The first-order chi connectivity index (χ1) is 14.2. The summed E-state index contributed by atoms with van der Waals surface area (Å²) in [5, 5.41) is 9.51. The van der Waals surface area contributed by atoms with Gasteiger partial charge in [-0.2, -0.15) is 0 Å². The molecule has 0 saturated carbocycles. The van der Waals surface area contributed by atoms with Crippen LogP contribution in [0.2, 0.25) is 0 Å². The average molecular weight is 411 g/mol. The molecule has 3 rings (SSSR count). The molecular weight excluding hydrogens is 382 g/mol. The highest BCUT2D eigenvalue weighted by molar-refractivity contribution is 5.91. The molecule has 0 unspecified atom stereocenters. The molecule has 0 atom stereocenters. The normalized spacial score (nSPS) is 15.0. The highest BCUT2D eigenvalue weighted by atomic mass is 16.6. The quantitative estimate of drug-likeness (QED) is 0.743. The van der Waals surface area contributed by atoms with Gasteiger partial charge in [-0.3, -0.25) is 0 Å². The van der Waals surface area contributed by atoms with Crippen molar-refractivity contribution in [3.05, 3.63) is 65.2 Å². The van der Waals surface area contributed by atoms with Crippen molar-refractivity contribution in [3.63, 3.8) is 0 Å². The molecule has 2 aromatic rings. The van der Waals surface area contributed by atoms with Crippen molar-refractivity contribution in [2.24, 2.45) is 0 Å². The van der Waals surface area contributed by atoms with Crippen LogP contribution in [0.5, 0.6) is 5.75 Å². The number of carbonyl (C=O) groups excluding carboxylic acids is 1. The highest BCUT2D eigenvalue weighted by Crippen LogP contribution is 2.32. The zero-order valence-corrected chi connectivity index (χ0v) is 17.8. The summed E-state index contributed by atoms with van der Waals surface area (Å²) in [5.74, 6) is -0.395. The lowest BCUT2D eigenvalue weighted by Gasteiger charge is -2.33. The third-order valence-electron chi connectivity index (χ3n) is 5.09. The predicted octanol–water partition coefficient (Wildman–Crippen LogP) is 5.08. The number of amides is 1. The number of aromatic carboxylic acids is 1. The molecule has 6 heteroatoms. The molecule has 1 heterocycles. The summed E-state index contributed by atoms with van der Waals surface area (Å²) in [4.78, 5) is 25.6. The van der Waals surface area contributed by atoms with Crippen molar-refractivity contribution >= 4 is 12.1 Å².